The number of carbonyl (C=O) groups is 3. The van der Waals surface area contributed by atoms with Crippen LogP contribution in [0.1, 0.15) is 58.9 Å². The molecular formula is C35H39MnN2O9. The number of hydrogen-bond acceptors (Lipinski definition) is 11. The Bertz CT molecular complexity index is 1500. The first-order valence-electron chi connectivity index (χ1n) is 14.4. The van der Waals surface area contributed by atoms with Crippen molar-refractivity contribution < 1.29 is 61.7 Å². The second-order valence-corrected chi connectivity index (χ2v) is 9.82. The summed E-state index contributed by atoms with van der Waals surface area (Å²) in [5, 5.41) is 47.9. The normalized spacial score (nSPS) is 9.47. The van der Waals surface area contributed by atoms with E-state index in [1.54, 1.807) is 18.5 Å². The number of hydrogen-bond donors (Lipinski definition) is 2. The molecule has 0 aliphatic heterocycles. The minimum absolute atomic E-state index is 0. The molecular weight excluding hydrogens is 647 g/mol. The minimum Gasteiger partial charge on any atom is -0.550 e. The predicted octanol–water partition coefficient (Wildman–Crippen LogP) is 3.29. The Labute approximate surface area is 285 Å². The van der Waals surface area contributed by atoms with Crippen molar-refractivity contribution in [1.82, 2.24) is 9.97 Å². The number of phenolic OH excluding ortho intramolecular Hbond substituents is 2. The fourth-order valence-corrected chi connectivity index (χ4v) is 4.10. The molecule has 0 saturated carbocycles. The molecule has 2 heterocycles. The fourth-order valence-electron chi connectivity index (χ4n) is 4.10. The first kappa shape index (κ1) is 42.1. The number of carboxylic acid groups (broad SMARTS) is 3. The summed E-state index contributed by atoms with van der Waals surface area (Å²) in [6.45, 7) is 5.12. The zero-order valence-electron chi connectivity index (χ0n) is 27.0. The van der Waals surface area contributed by atoms with E-state index < -0.39 is 17.9 Å². The molecule has 0 bridgehead atoms. The Hall–Kier alpha value is -4.93. The van der Waals surface area contributed by atoms with Gasteiger partial charge in [0.05, 0.1) is 18.5 Å². The SMILES string of the molecule is CC(=O)[O-].CC(=O)[O-].CC(=O)[O-].CCCCCCc1cccc(-c2ccc(-c3ccc(-c4cccc(OC)c4O)cn3)nc2)c1O.[Mn+3]. The minimum atomic E-state index is -1.08. The Morgan fingerprint density at radius 3 is 1.53 bits per heavy atom. The number of carboxylic acids is 3. The molecule has 0 aliphatic carbocycles. The molecule has 0 amide bonds. The van der Waals surface area contributed by atoms with E-state index in [9.17, 15) is 10.2 Å². The summed E-state index contributed by atoms with van der Waals surface area (Å²) in [6.07, 6.45) is 9.05. The molecule has 0 aliphatic rings. The number of phenols is 2. The summed E-state index contributed by atoms with van der Waals surface area (Å²) in [6, 6.07) is 18.9. The third-order valence-corrected chi connectivity index (χ3v) is 6.05. The summed E-state index contributed by atoms with van der Waals surface area (Å²) in [5.74, 6) is -2.39. The molecule has 0 atom stereocenters. The molecule has 4 aromatic rings. The van der Waals surface area contributed by atoms with Crippen LogP contribution in [0.15, 0.2) is 73.1 Å². The molecule has 11 nitrogen and oxygen atoms in total. The van der Waals surface area contributed by atoms with Gasteiger partial charge < -0.3 is 44.7 Å². The van der Waals surface area contributed by atoms with E-state index in [0.29, 0.717) is 17.1 Å². The number of aryl methyl sites for hydroxylation is 1. The van der Waals surface area contributed by atoms with E-state index in [4.69, 9.17) is 34.4 Å². The van der Waals surface area contributed by atoms with Crippen LogP contribution in [0.4, 0.5) is 0 Å². The summed E-state index contributed by atoms with van der Waals surface area (Å²) < 4.78 is 5.19. The Kier molecular flexibility index (Phi) is 20.2. The predicted molar refractivity (Wildman–Crippen MR) is 168 cm³/mol. The number of methoxy groups -OCH3 is 1. The average Bonchev–Trinajstić information content (AvgIpc) is 3.00. The largest absolute Gasteiger partial charge is 3.00 e. The van der Waals surface area contributed by atoms with Crippen molar-refractivity contribution in [2.45, 2.75) is 59.8 Å². The second-order valence-electron chi connectivity index (χ2n) is 9.82. The van der Waals surface area contributed by atoms with Crippen molar-refractivity contribution >= 4 is 17.9 Å². The molecule has 0 saturated heterocycles. The van der Waals surface area contributed by atoms with E-state index in [1.807, 2.05) is 54.6 Å². The van der Waals surface area contributed by atoms with Crippen LogP contribution in [0.3, 0.4) is 0 Å². The molecule has 4 rings (SSSR count). The molecule has 0 unspecified atom stereocenters. The van der Waals surface area contributed by atoms with Crippen LogP contribution in [-0.4, -0.2) is 45.2 Å². The van der Waals surface area contributed by atoms with Gasteiger partial charge in [-0.15, -0.1) is 0 Å². The maximum Gasteiger partial charge on any atom is 3.00 e. The van der Waals surface area contributed by atoms with Crippen molar-refractivity contribution in [3.63, 3.8) is 0 Å². The van der Waals surface area contributed by atoms with E-state index >= 15 is 0 Å². The van der Waals surface area contributed by atoms with Crippen LogP contribution < -0.4 is 20.1 Å². The molecule has 2 aromatic heterocycles. The van der Waals surface area contributed by atoms with Crippen LogP contribution in [0.2, 0.25) is 0 Å². The summed E-state index contributed by atoms with van der Waals surface area (Å²) in [7, 11) is 1.53. The van der Waals surface area contributed by atoms with Gasteiger partial charge in [0.1, 0.15) is 5.75 Å². The number of aromatic hydroxyl groups is 2. The van der Waals surface area contributed by atoms with Gasteiger partial charge in [-0.25, -0.2) is 0 Å². The second kappa shape index (κ2) is 22.6. The van der Waals surface area contributed by atoms with E-state index in [1.165, 1.54) is 26.4 Å². The van der Waals surface area contributed by atoms with Gasteiger partial charge in [-0.1, -0.05) is 68.7 Å². The third-order valence-electron chi connectivity index (χ3n) is 6.05. The maximum atomic E-state index is 10.8. The zero-order chi connectivity index (χ0) is 34.6. The Balaban J connectivity index is 0.00000141. The monoisotopic (exact) mass is 686 g/mol. The van der Waals surface area contributed by atoms with Gasteiger partial charge in [-0.3, -0.25) is 9.97 Å². The molecule has 0 spiro atoms. The quantitative estimate of drug-likeness (QED) is 0.194. The van der Waals surface area contributed by atoms with Crippen molar-refractivity contribution in [1.29, 1.82) is 0 Å². The standard InChI is InChI=1S/C29H30N2O3.3C2H4O2.Mn/c1-3-4-5-6-9-20-10-7-11-23(28(20)32)21-14-16-25(30-18-21)26-17-15-22(19-31-26)24-12-8-13-27(34-2)29(24)33;3*1-2(3)4;/h7-8,10-19,32-33H,3-6,9H2,1-2H3;3*1H3,(H,3,4);/q;;;;+3/p-3. The van der Waals surface area contributed by atoms with E-state index in [-0.39, 0.29) is 22.8 Å². The third kappa shape index (κ3) is 15.8. The summed E-state index contributed by atoms with van der Waals surface area (Å²) in [4.78, 5) is 35.8. The number of ether oxygens (including phenoxy) is 1. The molecule has 47 heavy (non-hydrogen) atoms. The number of nitrogens with zero attached hydrogens (tertiary/aromatic N) is 2. The fraction of sp³-hybridized carbons (Fsp3) is 0.286. The summed E-state index contributed by atoms with van der Waals surface area (Å²) in [5.41, 5.74) is 5.56. The van der Waals surface area contributed by atoms with E-state index in [0.717, 1.165) is 67.3 Å². The molecule has 12 heteroatoms. The van der Waals surface area contributed by atoms with Crippen molar-refractivity contribution in [2.24, 2.45) is 0 Å². The van der Waals surface area contributed by atoms with Gasteiger partial charge >= 0.3 is 17.1 Å². The Morgan fingerprint density at radius 2 is 1.13 bits per heavy atom. The number of pyridine rings is 2. The van der Waals surface area contributed by atoms with Crippen LogP contribution in [-0.2, 0) is 37.9 Å². The van der Waals surface area contributed by atoms with Crippen LogP contribution >= 0.6 is 0 Å². The van der Waals surface area contributed by atoms with E-state index in [2.05, 4.69) is 16.9 Å². The van der Waals surface area contributed by atoms with Gasteiger partial charge in [0.15, 0.2) is 11.5 Å². The molecule has 0 fully saturated rings. The number of rotatable bonds is 9. The van der Waals surface area contributed by atoms with Gasteiger partial charge in [-0.2, -0.15) is 0 Å². The van der Waals surface area contributed by atoms with Crippen molar-refractivity contribution in [3.8, 4) is 50.9 Å². The molecule has 2 aromatic carbocycles. The first-order chi connectivity index (χ1) is 21.8. The van der Waals surface area contributed by atoms with Gasteiger partial charge in [0, 0.05) is 52.6 Å². The maximum absolute atomic E-state index is 10.8. The van der Waals surface area contributed by atoms with Gasteiger partial charge in [-0.05, 0) is 57.4 Å². The smallest absolute Gasteiger partial charge is 0.550 e. The number of carbonyl (C=O) groups excluding carboxylic acids is 3. The topological polar surface area (TPSA) is 196 Å². The van der Waals surface area contributed by atoms with Crippen LogP contribution in [0, 0.1) is 0 Å². The Morgan fingerprint density at radius 1 is 0.681 bits per heavy atom. The van der Waals surface area contributed by atoms with Crippen molar-refractivity contribution in [3.05, 3.63) is 78.6 Å². The summed E-state index contributed by atoms with van der Waals surface area (Å²) >= 11 is 0. The van der Waals surface area contributed by atoms with Crippen LogP contribution in [0.25, 0.3) is 33.6 Å². The molecule has 0 radical (unpaired) electrons. The molecule has 2 N–H and O–H groups in total. The van der Waals surface area contributed by atoms with Gasteiger partial charge in [0.2, 0.25) is 0 Å². The van der Waals surface area contributed by atoms with Crippen molar-refractivity contribution in [2.75, 3.05) is 7.11 Å². The molecule has 250 valence electrons. The number of para-hydroxylation sites is 2. The average molecular weight is 687 g/mol. The van der Waals surface area contributed by atoms with Gasteiger partial charge in [0.25, 0.3) is 0 Å². The number of benzene rings is 2. The number of aliphatic carboxylic acids is 3. The number of unbranched alkanes of at least 4 members (excludes halogenated alkanes) is 3. The van der Waals surface area contributed by atoms with Crippen LogP contribution in [0.5, 0.6) is 17.2 Å². The zero-order valence-corrected chi connectivity index (χ0v) is 28.2. The first-order valence-corrected chi connectivity index (χ1v) is 14.4. The number of aromatic nitrogens is 2.